The van der Waals surface area contributed by atoms with Gasteiger partial charge in [0, 0.05) is 16.6 Å². The molecule has 0 fully saturated rings. The van der Waals surface area contributed by atoms with Gasteiger partial charge in [-0.15, -0.1) is 0 Å². The summed E-state index contributed by atoms with van der Waals surface area (Å²) in [6, 6.07) is 4.03. The van der Waals surface area contributed by atoms with E-state index in [0.717, 1.165) is 21.3 Å². The third kappa shape index (κ3) is 2.45. The summed E-state index contributed by atoms with van der Waals surface area (Å²) >= 11 is 3.43. The molecule has 13 heavy (non-hydrogen) atoms. The van der Waals surface area contributed by atoms with Gasteiger partial charge in [0.25, 0.3) is 0 Å². The maximum absolute atomic E-state index is 5.62. The molecule has 0 saturated carbocycles. The standard InChI is InChI=1S/C10H14BrNO/c1-3-13-10-7(2)4-9(11)5-8(10)6-12/h4-5H,3,6,12H2,1-2H3. The van der Waals surface area contributed by atoms with Gasteiger partial charge in [-0.1, -0.05) is 15.9 Å². The van der Waals surface area contributed by atoms with Crippen molar-refractivity contribution in [1.29, 1.82) is 0 Å². The Morgan fingerprint density at radius 1 is 1.46 bits per heavy atom. The lowest BCUT2D eigenvalue weighted by Crippen LogP contribution is -2.03. The smallest absolute Gasteiger partial charge is 0.126 e. The highest BCUT2D eigenvalue weighted by atomic mass is 79.9. The lowest BCUT2D eigenvalue weighted by molar-refractivity contribution is 0.334. The first kappa shape index (κ1) is 10.5. The van der Waals surface area contributed by atoms with E-state index in [9.17, 15) is 0 Å². The van der Waals surface area contributed by atoms with Crippen LogP contribution >= 0.6 is 15.9 Å². The molecule has 1 aromatic rings. The first-order valence-electron chi connectivity index (χ1n) is 4.31. The van der Waals surface area contributed by atoms with E-state index in [1.165, 1.54) is 0 Å². The normalized spacial score (nSPS) is 10.2. The van der Waals surface area contributed by atoms with Crippen molar-refractivity contribution in [2.45, 2.75) is 20.4 Å². The molecule has 0 saturated heterocycles. The van der Waals surface area contributed by atoms with E-state index in [0.29, 0.717) is 13.2 Å². The Morgan fingerprint density at radius 2 is 2.15 bits per heavy atom. The number of rotatable bonds is 3. The second kappa shape index (κ2) is 4.63. The van der Waals surface area contributed by atoms with Crippen molar-refractivity contribution < 1.29 is 4.74 Å². The first-order valence-corrected chi connectivity index (χ1v) is 5.10. The Labute approximate surface area is 87.2 Å². The van der Waals surface area contributed by atoms with E-state index in [-0.39, 0.29) is 0 Å². The molecule has 0 spiro atoms. The average Bonchev–Trinajstić information content (AvgIpc) is 2.09. The van der Waals surface area contributed by atoms with Crippen LogP contribution in [0, 0.1) is 6.92 Å². The number of hydrogen-bond acceptors (Lipinski definition) is 2. The Hall–Kier alpha value is -0.540. The van der Waals surface area contributed by atoms with Gasteiger partial charge in [0.1, 0.15) is 5.75 Å². The van der Waals surface area contributed by atoms with Crippen LogP contribution in [0.15, 0.2) is 16.6 Å². The molecule has 0 bridgehead atoms. The molecule has 0 unspecified atom stereocenters. The second-order valence-corrected chi connectivity index (χ2v) is 3.76. The molecule has 0 radical (unpaired) electrons. The highest BCUT2D eigenvalue weighted by Crippen LogP contribution is 2.27. The zero-order valence-electron chi connectivity index (χ0n) is 7.93. The van der Waals surface area contributed by atoms with E-state index >= 15 is 0 Å². The van der Waals surface area contributed by atoms with Crippen molar-refractivity contribution in [3.05, 3.63) is 27.7 Å². The Kier molecular flexibility index (Phi) is 3.75. The average molecular weight is 244 g/mol. The van der Waals surface area contributed by atoms with Crippen molar-refractivity contribution >= 4 is 15.9 Å². The van der Waals surface area contributed by atoms with Gasteiger partial charge < -0.3 is 10.5 Å². The maximum atomic E-state index is 5.62. The van der Waals surface area contributed by atoms with Crippen LogP contribution in [-0.4, -0.2) is 6.61 Å². The molecule has 2 nitrogen and oxygen atoms in total. The molecular formula is C10H14BrNO. The number of halogens is 1. The third-order valence-electron chi connectivity index (χ3n) is 1.82. The summed E-state index contributed by atoms with van der Waals surface area (Å²) in [4.78, 5) is 0. The molecule has 3 heteroatoms. The number of hydrogen-bond donors (Lipinski definition) is 1. The predicted octanol–water partition coefficient (Wildman–Crippen LogP) is 2.61. The molecule has 1 rings (SSSR count). The van der Waals surface area contributed by atoms with E-state index < -0.39 is 0 Å². The maximum Gasteiger partial charge on any atom is 0.126 e. The highest BCUT2D eigenvalue weighted by Gasteiger charge is 2.06. The fourth-order valence-electron chi connectivity index (χ4n) is 1.30. The molecule has 0 atom stereocenters. The lowest BCUT2D eigenvalue weighted by Gasteiger charge is -2.12. The molecule has 0 aliphatic carbocycles. The van der Waals surface area contributed by atoms with Crippen LogP contribution in [0.3, 0.4) is 0 Å². The largest absolute Gasteiger partial charge is 0.493 e. The molecule has 0 amide bonds. The van der Waals surface area contributed by atoms with Gasteiger partial charge in [-0.25, -0.2) is 0 Å². The van der Waals surface area contributed by atoms with Crippen LogP contribution in [-0.2, 0) is 6.54 Å². The molecule has 2 N–H and O–H groups in total. The van der Waals surface area contributed by atoms with Gasteiger partial charge in [-0.05, 0) is 31.5 Å². The van der Waals surface area contributed by atoms with Crippen LogP contribution in [0.2, 0.25) is 0 Å². The van der Waals surface area contributed by atoms with Crippen molar-refractivity contribution in [2.75, 3.05) is 6.61 Å². The molecule has 0 aliphatic heterocycles. The highest BCUT2D eigenvalue weighted by molar-refractivity contribution is 9.10. The van der Waals surface area contributed by atoms with Gasteiger partial charge in [0.2, 0.25) is 0 Å². The van der Waals surface area contributed by atoms with Crippen LogP contribution in [0.5, 0.6) is 5.75 Å². The molecule has 1 aromatic carbocycles. The second-order valence-electron chi connectivity index (χ2n) is 2.85. The quantitative estimate of drug-likeness (QED) is 0.886. The SMILES string of the molecule is CCOc1c(C)cc(Br)cc1CN. The summed E-state index contributed by atoms with van der Waals surface area (Å²) < 4.78 is 6.56. The first-order chi connectivity index (χ1) is 6.19. The molecule has 72 valence electrons. The van der Waals surface area contributed by atoms with Crippen molar-refractivity contribution in [3.63, 3.8) is 0 Å². The zero-order chi connectivity index (χ0) is 9.84. The van der Waals surface area contributed by atoms with Crippen molar-refractivity contribution in [1.82, 2.24) is 0 Å². The minimum Gasteiger partial charge on any atom is -0.493 e. The Morgan fingerprint density at radius 3 is 2.69 bits per heavy atom. The summed E-state index contributed by atoms with van der Waals surface area (Å²) in [7, 11) is 0. The topological polar surface area (TPSA) is 35.2 Å². The van der Waals surface area contributed by atoms with Gasteiger partial charge in [0.15, 0.2) is 0 Å². The zero-order valence-corrected chi connectivity index (χ0v) is 9.52. The van der Waals surface area contributed by atoms with Gasteiger partial charge >= 0.3 is 0 Å². The summed E-state index contributed by atoms with van der Waals surface area (Å²) in [5.74, 6) is 0.924. The van der Waals surface area contributed by atoms with Gasteiger partial charge in [0.05, 0.1) is 6.61 Å². The van der Waals surface area contributed by atoms with Crippen molar-refractivity contribution in [2.24, 2.45) is 5.73 Å². The van der Waals surface area contributed by atoms with Gasteiger partial charge in [-0.3, -0.25) is 0 Å². The molecule has 0 aromatic heterocycles. The minimum absolute atomic E-state index is 0.510. The Balaban J connectivity index is 3.13. The number of aryl methyl sites for hydroxylation is 1. The summed E-state index contributed by atoms with van der Waals surface area (Å²) in [5, 5.41) is 0. The third-order valence-corrected chi connectivity index (χ3v) is 2.28. The predicted molar refractivity (Wildman–Crippen MR) is 57.9 cm³/mol. The van der Waals surface area contributed by atoms with E-state index in [2.05, 4.69) is 15.9 Å². The molecular weight excluding hydrogens is 230 g/mol. The minimum atomic E-state index is 0.510. The fourth-order valence-corrected chi connectivity index (χ4v) is 1.92. The van der Waals surface area contributed by atoms with Crippen LogP contribution < -0.4 is 10.5 Å². The van der Waals surface area contributed by atoms with E-state index in [4.69, 9.17) is 10.5 Å². The summed E-state index contributed by atoms with van der Waals surface area (Å²) in [5.41, 5.74) is 7.79. The molecule has 0 heterocycles. The van der Waals surface area contributed by atoms with Crippen LogP contribution in [0.1, 0.15) is 18.1 Å². The van der Waals surface area contributed by atoms with E-state index in [1.54, 1.807) is 0 Å². The summed E-state index contributed by atoms with van der Waals surface area (Å²) in [6.45, 7) is 5.18. The summed E-state index contributed by atoms with van der Waals surface area (Å²) in [6.07, 6.45) is 0. The van der Waals surface area contributed by atoms with E-state index in [1.807, 2.05) is 26.0 Å². The number of nitrogens with two attached hydrogens (primary N) is 1. The van der Waals surface area contributed by atoms with Crippen LogP contribution in [0.4, 0.5) is 0 Å². The van der Waals surface area contributed by atoms with Crippen LogP contribution in [0.25, 0.3) is 0 Å². The fraction of sp³-hybridized carbons (Fsp3) is 0.400. The Bertz CT molecular complexity index is 299. The molecule has 0 aliphatic rings. The lowest BCUT2D eigenvalue weighted by atomic mass is 10.1. The number of ether oxygens (including phenoxy) is 1. The van der Waals surface area contributed by atoms with Crippen molar-refractivity contribution in [3.8, 4) is 5.75 Å². The monoisotopic (exact) mass is 243 g/mol. The number of benzene rings is 1. The van der Waals surface area contributed by atoms with Gasteiger partial charge in [-0.2, -0.15) is 0 Å².